The molecule has 0 spiro atoms. The Morgan fingerprint density at radius 1 is 1.06 bits per heavy atom. The van der Waals surface area contributed by atoms with Gasteiger partial charge in [-0.1, -0.05) is 75.4 Å². The smallest absolute Gasteiger partial charge is 0.228 e. The number of amides is 1. The lowest BCUT2D eigenvalue weighted by Crippen LogP contribution is -2.63. The standard InChI is InChI=1S/C29H34N4O2/c1-20(2)21-10-12-24(13-11-21)29(35,28(3)18-32(4)19-28)25-15-26(31-30-16-25)33-17-23(14-27(33)34)22-8-6-5-7-9-22/h5-13,15-16,20,23,35H,14,17-19H2,1-4H3/t23?,29-/m0/s1. The zero-order chi connectivity index (χ0) is 24.8. The lowest BCUT2D eigenvalue weighted by Gasteiger charge is -2.55. The Hall–Kier alpha value is -3.09. The minimum atomic E-state index is -1.26. The summed E-state index contributed by atoms with van der Waals surface area (Å²) in [7, 11) is 2.06. The van der Waals surface area contributed by atoms with Crippen LogP contribution in [0.15, 0.2) is 66.9 Å². The molecule has 2 atom stereocenters. The van der Waals surface area contributed by atoms with Crippen LogP contribution in [-0.4, -0.2) is 52.8 Å². The highest BCUT2D eigenvalue weighted by molar-refractivity contribution is 5.95. The van der Waals surface area contributed by atoms with Crippen molar-refractivity contribution < 1.29 is 9.90 Å². The molecule has 2 aromatic carbocycles. The summed E-state index contributed by atoms with van der Waals surface area (Å²) in [5.74, 6) is 1.06. The van der Waals surface area contributed by atoms with E-state index in [1.54, 1.807) is 11.1 Å². The maximum Gasteiger partial charge on any atom is 0.228 e. The second kappa shape index (κ2) is 8.85. The fourth-order valence-electron chi connectivity index (χ4n) is 5.91. The van der Waals surface area contributed by atoms with E-state index < -0.39 is 11.0 Å². The zero-order valence-electron chi connectivity index (χ0n) is 21.0. The van der Waals surface area contributed by atoms with Gasteiger partial charge in [-0.15, -0.1) is 5.10 Å². The molecule has 2 fully saturated rings. The molecular weight excluding hydrogens is 436 g/mol. The number of hydrogen-bond donors (Lipinski definition) is 1. The van der Waals surface area contributed by atoms with Crippen molar-refractivity contribution in [3.63, 3.8) is 0 Å². The number of anilines is 1. The van der Waals surface area contributed by atoms with E-state index in [0.29, 0.717) is 30.3 Å². The zero-order valence-corrected chi connectivity index (χ0v) is 21.0. The first-order valence-electron chi connectivity index (χ1n) is 12.4. The van der Waals surface area contributed by atoms with Gasteiger partial charge >= 0.3 is 0 Å². The SMILES string of the molecule is CC(C)c1ccc([C@](O)(c2cnnc(N3CC(c4ccccc4)CC3=O)c2)C2(C)CN(C)C2)cc1. The van der Waals surface area contributed by atoms with E-state index in [0.717, 1.165) is 24.2 Å². The third-order valence-electron chi connectivity index (χ3n) is 7.84. The average Bonchev–Trinajstić information content (AvgIpc) is 3.25. The number of likely N-dealkylation sites (tertiary alicyclic amines) is 1. The van der Waals surface area contributed by atoms with Gasteiger partial charge in [0.25, 0.3) is 0 Å². The Kier molecular flexibility index (Phi) is 5.98. The Morgan fingerprint density at radius 2 is 1.74 bits per heavy atom. The quantitative estimate of drug-likeness (QED) is 0.581. The molecule has 6 nitrogen and oxygen atoms in total. The molecule has 3 aromatic rings. The van der Waals surface area contributed by atoms with Crippen molar-refractivity contribution in [1.82, 2.24) is 15.1 Å². The van der Waals surface area contributed by atoms with Crippen LogP contribution in [0, 0.1) is 5.41 Å². The van der Waals surface area contributed by atoms with Crippen LogP contribution in [0.5, 0.6) is 0 Å². The number of carbonyl (C=O) groups is 1. The second-order valence-electron chi connectivity index (χ2n) is 10.8. The summed E-state index contributed by atoms with van der Waals surface area (Å²) in [5, 5.41) is 21.0. The van der Waals surface area contributed by atoms with E-state index in [1.165, 1.54) is 5.56 Å². The van der Waals surface area contributed by atoms with Crippen LogP contribution < -0.4 is 4.90 Å². The van der Waals surface area contributed by atoms with Crippen molar-refractivity contribution >= 4 is 11.7 Å². The summed E-state index contributed by atoms with van der Waals surface area (Å²) in [6.45, 7) is 8.52. The largest absolute Gasteiger partial charge is 0.380 e. The maximum atomic E-state index is 13.0. The first-order chi connectivity index (χ1) is 16.7. The van der Waals surface area contributed by atoms with Gasteiger partial charge in [-0.3, -0.25) is 9.69 Å². The summed E-state index contributed by atoms with van der Waals surface area (Å²) in [4.78, 5) is 16.9. The summed E-state index contributed by atoms with van der Waals surface area (Å²) in [5.41, 5.74) is 2.23. The van der Waals surface area contributed by atoms with Crippen LogP contribution in [0.25, 0.3) is 0 Å². The molecular formula is C29H34N4O2. The normalized spacial score (nSPS) is 21.7. The molecule has 0 radical (unpaired) electrons. The van der Waals surface area contributed by atoms with Crippen molar-refractivity contribution in [1.29, 1.82) is 0 Å². The molecule has 3 heterocycles. The van der Waals surface area contributed by atoms with Crippen molar-refractivity contribution in [3.05, 3.63) is 89.1 Å². The number of benzene rings is 2. The number of hydrogen-bond acceptors (Lipinski definition) is 5. The first kappa shape index (κ1) is 23.6. The molecule has 1 unspecified atom stereocenters. The molecule has 2 aliphatic rings. The molecule has 1 N–H and O–H groups in total. The van der Waals surface area contributed by atoms with E-state index in [4.69, 9.17) is 0 Å². The Morgan fingerprint density at radius 3 is 2.37 bits per heavy atom. The number of carbonyl (C=O) groups excluding carboxylic acids is 1. The lowest BCUT2D eigenvalue weighted by molar-refractivity contribution is -0.127. The van der Waals surface area contributed by atoms with E-state index in [1.807, 2.05) is 36.4 Å². The Labute approximate surface area is 207 Å². The summed E-state index contributed by atoms with van der Waals surface area (Å²) in [6, 6.07) is 20.2. The topological polar surface area (TPSA) is 69.6 Å². The number of nitrogens with zero attached hydrogens (tertiary/aromatic N) is 4. The van der Waals surface area contributed by atoms with E-state index in [9.17, 15) is 9.90 Å². The highest BCUT2D eigenvalue weighted by atomic mass is 16.3. The van der Waals surface area contributed by atoms with Gasteiger partial charge in [-0.05, 0) is 35.7 Å². The predicted molar refractivity (Wildman–Crippen MR) is 137 cm³/mol. The van der Waals surface area contributed by atoms with Gasteiger partial charge in [0.05, 0.1) is 6.20 Å². The molecule has 6 heteroatoms. The van der Waals surface area contributed by atoms with Gasteiger partial charge in [-0.25, -0.2) is 0 Å². The highest BCUT2D eigenvalue weighted by Gasteiger charge is 2.55. The molecule has 182 valence electrons. The maximum absolute atomic E-state index is 13.0. The van der Waals surface area contributed by atoms with E-state index in [2.05, 4.69) is 67.2 Å². The van der Waals surface area contributed by atoms with Gasteiger partial charge in [0.1, 0.15) is 5.60 Å². The summed E-state index contributed by atoms with van der Waals surface area (Å²) in [6.07, 6.45) is 2.10. The molecule has 0 aliphatic carbocycles. The molecule has 35 heavy (non-hydrogen) atoms. The minimum Gasteiger partial charge on any atom is -0.380 e. The van der Waals surface area contributed by atoms with Gasteiger partial charge < -0.3 is 10.0 Å². The molecule has 0 bridgehead atoms. The van der Waals surface area contributed by atoms with Crippen molar-refractivity contribution in [2.75, 3.05) is 31.6 Å². The Balaban J connectivity index is 1.52. The lowest BCUT2D eigenvalue weighted by atomic mass is 9.62. The third kappa shape index (κ3) is 4.05. The van der Waals surface area contributed by atoms with Crippen LogP contribution in [0.3, 0.4) is 0 Å². The van der Waals surface area contributed by atoms with Crippen LogP contribution in [0.2, 0.25) is 0 Å². The van der Waals surface area contributed by atoms with Crippen LogP contribution >= 0.6 is 0 Å². The van der Waals surface area contributed by atoms with Gasteiger partial charge in [-0.2, -0.15) is 5.10 Å². The monoisotopic (exact) mass is 470 g/mol. The molecule has 1 amide bonds. The predicted octanol–water partition coefficient (Wildman–Crippen LogP) is 4.31. The van der Waals surface area contributed by atoms with Crippen molar-refractivity contribution in [2.45, 2.75) is 44.6 Å². The Bertz CT molecular complexity index is 1200. The number of rotatable bonds is 6. The minimum absolute atomic E-state index is 0.0321. The molecule has 5 rings (SSSR count). The van der Waals surface area contributed by atoms with Gasteiger partial charge in [0.15, 0.2) is 5.82 Å². The fraction of sp³-hybridized carbons (Fsp3) is 0.414. The molecule has 1 aromatic heterocycles. The first-order valence-corrected chi connectivity index (χ1v) is 12.4. The van der Waals surface area contributed by atoms with Crippen LogP contribution in [0.1, 0.15) is 61.3 Å². The summed E-state index contributed by atoms with van der Waals surface area (Å²) >= 11 is 0. The molecule has 0 saturated carbocycles. The van der Waals surface area contributed by atoms with Gasteiger partial charge in [0, 0.05) is 43.0 Å². The van der Waals surface area contributed by atoms with Gasteiger partial charge in [0.2, 0.25) is 5.91 Å². The fourth-order valence-corrected chi connectivity index (χ4v) is 5.91. The van der Waals surface area contributed by atoms with E-state index in [-0.39, 0.29) is 11.8 Å². The highest BCUT2D eigenvalue weighted by Crippen LogP contribution is 2.50. The second-order valence-corrected chi connectivity index (χ2v) is 10.8. The number of aliphatic hydroxyl groups is 1. The van der Waals surface area contributed by atoms with E-state index >= 15 is 0 Å². The van der Waals surface area contributed by atoms with Crippen molar-refractivity contribution in [2.24, 2.45) is 5.41 Å². The average molecular weight is 471 g/mol. The molecule has 2 aliphatic heterocycles. The number of aromatic nitrogens is 2. The van der Waals surface area contributed by atoms with Crippen LogP contribution in [0.4, 0.5) is 5.82 Å². The molecule has 2 saturated heterocycles. The summed E-state index contributed by atoms with van der Waals surface area (Å²) < 4.78 is 0. The van der Waals surface area contributed by atoms with Crippen LogP contribution in [-0.2, 0) is 10.4 Å². The van der Waals surface area contributed by atoms with Crippen molar-refractivity contribution in [3.8, 4) is 0 Å². The third-order valence-corrected chi connectivity index (χ3v) is 7.84.